The lowest BCUT2D eigenvalue weighted by atomic mass is 9.78. The summed E-state index contributed by atoms with van der Waals surface area (Å²) >= 11 is 0. The quantitative estimate of drug-likeness (QED) is 0.246. The first-order valence-electron chi connectivity index (χ1n) is 12.9. The number of halogens is 7. The van der Waals surface area contributed by atoms with Gasteiger partial charge in [-0.05, 0) is 59.7 Å². The normalized spacial score (nSPS) is 18.0. The predicted octanol–water partition coefficient (Wildman–Crippen LogP) is 10.1. The average molecular weight is 539 g/mol. The summed E-state index contributed by atoms with van der Waals surface area (Å²) in [6.07, 6.45) is 2.02. The largest absolute Gasteiger partial charge is 0.429 e. The van der Waals surface area contributed by atoms with Crippen molar-refractivity contribution in [2.75, 3.05) is 0 Å². The molecule has 0 radical (unpaired) electrons. The average Bonchev–Trinajstić information content (AvgIpc) is 2.88. The van der Waals surface area contributed by atoms with Crippen molar-refractivity contribution in [1.29, 1.82) is 0 Å². The monoisotopic (exact) mass is 538 g/mol. The molecule has 0 N–H and O–H groups in total. The van der Waals surface area contributed by atoms with Crippen LogP contribution in [0.2, 0.25) is 0 Å². The Labute approximate surface area is 217 Å². The zero-order valence-electron chi connectivity index (χ0n) is 21.0. The minimum absolute atomic E-state index is 0.0552. The van der Waals surface area contributed by atoms with Crippen molar-refractivity contribution in [3.63, 3.8) is 0 Å². The minimum atomic E-state index is -3.67. The summed E-state index contributed by atoms with van der Waals surface area (Å²) in [5, 5.41) is 0. The van der Waals surface area contributed by atoms with E-state index in [1.54, 1.807) is 0 Å². The van der Waals surface area contributed by atoms with E-state index in [0.29, 0.717) is 5.92 Å². The standard InChI is InChI=1S/C30H29F7O/c1-2-3-18-4-6-19(7-5-18)14-15-30(36,37)38-27-13-11-23(28(34)29(27)35)21-8-10-22(25(32)16-21)20-9-12-24(31)26(33)17-20/h8-13,16-19H,2-7,14-15H2,1H3. The van der Waals surface area contributed by atoms with Gasteiger partial charge in [0.25, 0.3) is 0 Å². The first-order chi connectivity index (χ1) is 18.1. The van der Waals surface area contributed by atoms with Crippen molar-refractivity contribution >= 4 is 0 Å². The number of rotatable bonds is 9. The van der Waals surface area contributed by atoms with Gasteiger partial charge in [-0.25, -0.2) is 17.6 Å². The molecule has 0 bridgehead atoms. The van der Waals surface area contributed by atoms with Gasteiger partial charge in [0, 0.05) is 11.1 Å². The topological polar surface area (TPSA) is 9.23 Å². The fourth-order valence-electron chi connectivity index (χ4n) is 5.22. The van der Waals surface area contributed by atoms with E-state index in [2.05, 4.69) is 11.7 Å². The Morgan fingerprint density at radius 1 is 0.684 bits per heavy atom. The van der Waals surface area contributed by atoms with Gasteiger partial charge in [0.2, 0.25) is 5.82 Å². The minimum Gasteiger partial charge on any atom is -0.429 e. The molecule has 1 saturated carbocycles. The molecule has 1 fully saturated rings. The number of alkyl halides is 2. The fraction of sp³-hybridized carbons (Fsp3) is 0.400. The molecule has 0 spiro atoms. The van der Waals surface area contributed by atoms with Gasteiger partial charge in [-0.2, -0.15) is 13.2 Å². The molecule has 1 nitrogen and oxygen atoms in total. The molecule has 8 heteroatoms. The Kier molecular flexibility index (Phi) is 8.68. The summed E-state index contributed by atoms with van der Waals surface area (Å²) in [5.74, 6) is -6.33. The third kappa shape index (κ3) is 6.51. The lowest BCUT2D eigenvalue weighted by Crippen LogP contribution is -2.27. The third-order valence-electron chi connectivity index (χ3n) is 7.32. The molecule has 1 aliphatic rings. The van der Waals surface area contributed by atoms with E-state index in [9.17, 15) is 30.7 Å². The second-order valence-electron chi connectivity index (χ2n) is 10.0. The zero-order valence-corrected chi connectivity index (χ0v) is 21.0. The molecule has 3 aromatic rings. The number of ether oxygens (including phenoxy) is 1. The molecule has 0 heterocycles. The van der Waals surface area contributed by atoms with Gasteiger partial charge in [-0.15, -0.1) is 0 Å². The van der Waals surface area contributed by atoms with Crippen LogP contribution in [-0.4, -0.2) is 6.11 Å². The highest BCUT2D eigenvalue weighted by Gasteiger charge is 2.35. The lowest BCUT2D eigenvalue weighted by Gasteiger charge is -2.29. The highest BCUT2D eigenvalue weighted by atomic mass is 19.3. The molecule has 4 rings (SSSR count). The van der Waals surface area contributed by atoms with Gasteiger partial charge in [-0.1, -0.05) is 63.6 Å². The Morgan fingerprint density at radius 3 is 1.89 bits per heavy atom. The maximum Gasteiger partial charge on any atom is 0.397 e. The number of hydrogen-bond donors (Lipinski definition) is 0. The third-order valence-corrected chi connectivity index (χ3v) is 7.32. The van der Waals surface area contributed by atoms with E-state index in [0.717, 1.165) is 68.9 Å². The van der Waals surface area contributed by atoms with Crippen LogP contribution in [0.15, 0.2) is 48.5 Å². The molecule has 0 aromatic heterocycles. The van der Waals surface area contributed by atoms with E-state index in [1.807, 2.05) is 0 Å². The lowest BCUT2D eigenvalue weighted by molar-refractivity contribution is -0.185. The van der Waals surface area contributed by atoms with E-state index >= 15 is 0 Å². The number of benzene rings is 3. The van der Waals surface area contributed by atoms with Gasteiger partial charge in [0.1, 0.15) is 5.82 Å². The molecule has 0 saturated heterocycles. The van der Waals surface area contributed by atoms with Crippen LogP contribution in [0.3, 0.4) is 0 Å². The fourth-order valence-corrected chi connectivity index (χ4v) is 5.22. The highest BCUT2D eigenvalue weighted by Crippen LogP contribution is 2.38. The summed E-state index contributed by atoms with van der Waals surface area (Å²) in [7, 11) is 0. The molecule has 1 aliphatic carbocycles. The Morgan fingerprint density at radius 2 is 1.26 bits per heavy atom. The highest BCUT2D eigenvalue weighted by molar-refractivity contribution is 5.72. The van der Waals surface area contributed by atoms with Gasteiger partial charge >= 0.3 is 6.11 Å². The zero-order chi connectivity index (χ0) is 27.4. The first-order valence-corrected chi connectivity index (χ1v) is 12.9. The Balaban J connectivity index is 1.44. The van der Waals surface area contributed by atoms with Crippen LogP contribution in [-0.2, 0) is 0 Å². The molecule has 38 heavy (non-hydrogen) atoms. The van der Waals surface area contributed by atoms with E-state index in [4.69, 9.17) is 0 Å². The van der Waals surface area contributed by atoms with Gasteiger partial charge in [-0.3, -0.25) is 0 Å². The SMILES string of the molecule is CCCC1CCC(CCC(F)(F)Oc2ccc(-c3ccc(-c4ccc(F)c(F)c4)c(F)c3)c(F)c2F)CC1. The van der Waals surface area contributed by atoms with Crippen LogP contribution in [0.5, 0.6) is 5.75 Å². The molecule has 204 valence electrons. The Bertz CT molecular complexity index is 1270. The smallest absolute Gasteiger partial charge is 0.397 e. The predicted molar refractivity (Wildman–Crippen MR) is 132 cm³/mol. The molecular formula is C30H29F7O. The maximum absolute atomic E-state index is 14.8. The van der Waals surface area contributed by atoms with Gasteiger partial charge < -0.3 is 4.74 Å². The van der Waals surface area contributed by atoms with Crippen molar-refractivity contribution in [3.8, 4) is 28.0 Å². The maximum atomic E-state index is 14.8. The van der Waals surface area contributed by atoms with E-state index < -0.39 is 47.4 Å². The van der Waals surface area contributed by atoms with E-state index in [1.165, 1.54) is 18.2 Å². The molecule has 0 unspecified atom stereocenters. The second-order valence-corrected chi connectivity index (χ2v) is 10.0. The summed E-state index contributed by atoms with van der Waals surface area (Å²) in [5.41, 5.74) is -0.452. The van der Waals surface area contributed by atoms with Crippen molar-refractivity contribution in [3.05, 3.63) is 77.6 Å². The summed E-state index contributed by atoms with van der Waals surface area (Å²) in [6.45, 7) is 2.13. The van der Waals surface area contributed by atoms with Crippen LogP contribution in [0.1, 0.15) is 58.3 Å². The molecule has 0 amide bonds. The molecule has 0 aliphatic heterocycles. The van der Waals surface area contributed by atoms with Crippen molar-refractivity contribution in [1.82, 2.24) is 0 Å². The van der Waals surface area contributed by atoms with Gasteiger partial charge in [0.05, 0.1) is 6.42 Å². The molecular weight excluding hydrogens is 509 g/mol. The van der Waals surface area contributed by atoms with Crippen molar-refractivity contribution in [2.45, 2.75) is 64.4 Å². The molecule has 3 aromatic carbocycles. The van der Waals surface area contributed by atoms with Crippen LogP contribution < -0.4 is 4.74 Å². The molecule has 0 atom stereocenters. The van der Waals surface area contributed by atoms with Crippen LogP contribution >= 0.6 is 0 Å². The van der Waals surface area contributed by atoms with Crippen molar-refractivity contribution in [2.24, 2.45) is 11.8 Å². The van der Waals surface area contributed by atoms with Crippen molar-refractivity contribution < 1.29 is 35.5 Å². The van der Waals surface area contributed by atoms with Crippen LogP contribution in [0, 0.1) is 40.9 Å². The first kappa shape index (κ1) is 28.0. The Hall–Kier alpha value is -3.03. The second kappa shape index (κ2) is 11.8. The summed E-state index contributed by atoms with van der Waals surface area (Å²) in [4.78, 5) is 0. The van der Waals surface area contributed by atoms with Crippen LogP contribution in [0.4, 0.5) is 30.7 Å². The van der Waals surface area contributed by atoms with Crippen LogP contribution in [0.25, 0.3) is 22.3 Å². The summed E-state index contributed by atoms with van der Waals surface area (Å²) in [6, 6.07) is 8.14. The summed E-state index contributed by atoms with van der Waals surface area (Å²) < 4.78 is 105. The number of hydrogen-bond acceptors (Lipinski definition) is 1. The van der Waals surface area contributed by atoms with Gasteiger partial charge in [0.15, 0.2) is 23.2 Å². The van der Waals surface area contributed by atoms with E-state index in [-0.39, 0.29) is 34.6 Å².